The number of carbonyl (C=O) groups is 1. The Bertz CT molecular complexity index is 872. The van der Waals surface area contributed by atoms with Crippen LogP contribution in [0, 0.1) is 0 Å². The van der Waals surface area contributed by atoms with E-state index < -0.39 is 23.5 Å². The third kappa shape index (κ3) is 2.76. The van der Waals surface area contributed by atoms with E-state index in [1.165, 1.54) is 17.0 Å². The van der Waals surface area contributed by atoms with Gasteiger partial charge in [-0.2, -0.15) is 17.7 Å². The first-order chi connectivity index (χ1) is 11.4. The van der Waals surface area contributed by atoms with E-state index in [9.17, 15) is 23.1 Å². The molecule has 2 heterocycles. The highest BCUT2D eigenvalue weighted by atomic mass is 19.4. The lowest BCUT2D eigenvalue weighted by Gasteiger charge is -2.05. The molecule has 0 saturated carbocycles. The van der Waals surface area contributed by atoms with Crippen molar-refractivity contribution in [3.8, 4) is 16.8 Å². The lowest BCUT2D eigenvalue weighted by Crippen LogP contribution is -2.32. The van der Waals surface area contributed by atoms with Crippen molar-refractivity contribution in [3.05, 3.63) is 72.3 Å². The van der Waals surface area contributed by atoms with Crippen molar-refractivity contribution in [1.29, 1.82) is 0 Å². The number of halogens is 3. The largest absolute Gasteiger partial charge is 0.477 e. The molecule has 0 atom stereocenters. The smallest absolute Gasteiger partial charge is 0.437 e. The van der Waals surface area contributed by atoms with Crippen LogP contribution in [0.2, 0.25) is 0 Å². The Balaban J connectivity index is 2.41. The van der Waals surface area contributed by atoms with Crippen LogP contribution in [0.25, 0.3) is 16.8 Å². The molecule has 3 rings (SSSR count). The van der Waals surface area contributed by atoms with E-state index in [-0.39, 0.29) is 11.3 Å². The average molecular weight is 333 g/mol. The second-order valence-corrected chi connectivity index (χ2v) is 5.05. The van der Waals surface area contributed by atoms with E-state index in [0.29, 0.717) is 5.56 Å². The molecule has 3 aromatic rings. The predicted octanol–water partition coefficient (Wildman–Crippen LogP) is 3.68. The highest BCUT2D eigenvalue weighted by molar-refractivity contribution is 5.97. The molecule has 1 aromatic carbocycles. The number of H-pyrrole nitrogens is 1. The number of carboxylic acid groups (broad SMARTS) is 1. The molecule has 7 heteroatoms. The van der Waals surface area contributed by atoms with Gasteiger partial charge in [0.2, 0.25) is 5.69 Å². The van der Waals surface area contributed by atoms with Gasteiger partial charge in [-0.3, -0.25) is 0 Å². The molecular weight excluding hydrogens is 321 g/mol. The number of aromatic nitrogens is 2. The van der Waals surface area contributed by atoms with Gasteiger partial charge in [-0.25, -0.2) is 4.79 Å². The van der Waals surface area contributed by atoms with Gasteiger partial charge in [0.25, 0.3) is 0 Å². The maximum Gasteiger partial charge on any atom is 0.437 e. The fraction of sp³-hybridized carbons (Fsp3) is 0.0588. The van der Waals surface area contributed by atoms with Gasteiger partial charge in [-0.1, -0.05) is 36.4 Å². The Morgan fingerprint density at radius 1 is 1.00 bits per heavy atom. The fourth-order valence-corrected chi connectivity index (χ4v) is 2.55. The maximum absolute atomic E-state index is 13.5. The number of alkyl halides is 3. The van der Waals surface area contributed by atoms with Crippen LogP contribution in [-0.2, 0) is 6.18 Å². The summed E-state index contributed by atoms with van der Waals surface area (Å²) in [5.41, 5.74) is -1.47. The molecule has 0 aliphatic rings. The van der Waals surface area contributed by atoms with Crippen molar-refractivity contribution in [3.63, 3.8) is 0 Å². The summed E-state index contributed by atoms with van der Waals surface area (Å²) in [6.45, 7) is 0. The number of hydrogen-bond acceptors (Lipinski definition) is 1. The van der Waals surface area contributed by atoms with Crippen LogP contribution < -0.4 is 4.57 Å². The summed E-state index contributed by atoms with van der Waals surface area (Å²) in [4.78, 5) is 13.6. The maximum atomic E-state index is 13.5. The summed E-state index contributed by atoms with van der Waals surface area (Å²) in [5, 5.41) is 9.37. The van der Waals surface area contributed by atoms with Gasteiger partial charge in [0, 0.05) is 12.1 Å². The van der Waals surface area contributed by atoms with Crippen molar-refractivity contribution in [2.24, 2.45) is 0 Å². The van der Waals surface area contributed by atoms with Crippen molar-refractivity contribution < 1.29 is 27.6 Å². The normalized spacial score (nSPS) is 11.5. The Hall–Kier alpha value is -3.09. The quantitative estimate of drug-likeness (QED) is 0.719. The lowest BCUT2D eigenvalue weighted by molar-refractivity contribution is -0.596. The molecule has 0 aliphatic heterocycles. The van der Waals surface area contributed by atoms with Crippen molar-refractivity contribution in [2.45, 2.75) is 6.18 Å². The molecule has 122 valence electrons. The number of aromatic carboxylic acids is 1. The van der Waals surface area contributed by atoms with Gasteiger partial charge in [0.1, 0.15) is 5.69 Å². The second-order valence-electron chi connectivity index (χ2n) is 5.05. The standard InChI is InChI=1S/C17H11F3N2O2/c18-17(19,20)15-14(22-9-5-2-6-10-22)12(13(21-15)16(23)24)11-7-3-1-4-8-11/h1-10,21H/p+1. The van der Waals surface area contributed by atoms with Gasteiger partial charge in [0.05, 0.1) is 5.56 Å². The van der Waals surface area contributed by atoms with Crippen LogP contribution in [0.1, 0.15) is 16.2 Å². The molecule has 0 spiro atoms. The van der Waals surface area contributed by atoms with Crippen LogP contribution in [0.15, 0.2) is 60.9 Å². The van der Waals surface area contributed by atoms with E-state index in [1.807, 2.05) is 4.98 Å². The summed E-state index contributed by atoms with van der Waals surface area (Å²) < 4.78 is 41.7. The lowest BCUT2D eigenvalue weighted by atomic mass is 10.0. The van der Waals surface area contributed by atoms with Crippen LogP contribution >= 0.6 is 0 Å². The molecular formula is C17H12F3N2O2+. The summed E-state index contributed by atoms with van der Waals surface area (Å²) in [5.74, 6) is -1.46. The fourth-order valence-electron chi connectivity index (χ4n) is 2.55. The Morgan fingerprint density at radius 2 is 1.58 bits per heavy atom. The Morgan fingerprint density at radius 3 is 2.12 bits per heavy atom. The molecule has 0 aliphatic carbocycles. The Labute approximate surface area is 134 Å². The minimum Gasteiger partial charge on any atom is -0.477 e. The highest BCUT2D eigenvalue weighted by Crippen LogP contribution is 2.39. The number of nitrogens with one attached hydrogen (secondary N) is 1. The van der Waals surface area contributed by atoms with E-state index in [2.05, 4.69) is 0 Å². The first-order valence-corrected chi connectivity index (χ1v) is 6.98. The molecule has 0 amide bonds. The van der Waals surface area contributed by atoms with Gasteiger partial charge >= 0.3 is 12.1 Å². The van der Waals surface area contributed by atoms with Crippen LogP contribution in [0.4, 0.5) is 13.2 Å². The number of carboxylic acids is 1. The highest BCUT2D eigenvalue weighted by Gasteiger charge is 2.43. The van der Waals surface area contributed by atoms with Gasteiger partial charge < -0.3 is 10.1 Å². The first kappa shape index (κ1) is 15.8. The zero-order valence-corrected chi connectivity index (χ0v) is 12.2. The summed E-state index contributed by atoms with van der Waals surface area (Å²) in [6, 6.07) is 12.9. The van der Waals surface area contributed by atoms with E-state index >= 15 is 0 Å². The van der Waals surface area contributed by atoms with Crippen LogP contribution in [0.3, 0.4) is 0 Å². The minimum absolute atomic E-state index is 0.00775. The average Bonchev–Trinajstić information content (AvgIpc) is 2.97. The summed E-state index contributed by atoms with van der Waals surface area (Å²) >= 11 is 0. The van der Waals surface area contributed by atoms with Crippen molar-refractivity contribution in [2.75, 3.05) is 0 Å². The van der Waals surface area contributed by atoms with Gasteiger partial charge in [0.15, 0.2) is 18.1 Å². The zero-order valence-electron chi connectivity index (χ0n) is 12.2. The molecule has 4 nitrogen and oxygen atoms in total. The number of hydrogen-bond donors (Lipinski definition) is 2. The summed E-state index contributed by atoms with van der Waals surface area (Å²) in [7, 11) is 0. The number of pyridine rings is 1. The molecule has 0 bridgehead atoms. The van der Waals surface area contributed by atoms with Gasteiger partial charge in [-0.15, -0.1) is 0 Å². The zero-order chi connectivity index (χ0) is 17.3. The van der Waals surface area contributed by atoms with E-state index in [0.717, 1.165) is 0 Å². The van der Waals surface area contributed by atoms with E-state index in [1.54, 1.807) is 48.5 Å². The second kappa shape index (κ2) is 5.84. The third-order valence-electron chi connectivity index (χ3n) is 3.51. The first-order valence-electron chi connectivity index (χ1n) is 6.98. The molecule has 2 N–H and O–H groups in total. The van der Waals surface area contributed by atoms with E-state index in [4.69, 9.17) is 0 Å². The number of nitrogens with zero attached hydrogens (tertiary/aromatic N) is 1. The minimum atomic E-state index is -4.73. The molecule has 0 radical (unpaired) electrons. The molecule has 24 heavy (non-hydrogen) atoms. The van der Waals surface area contributed by atoms with Crippen LogP contribution in [0.5, 0.6) is 0 Å². The SMILES string of the molecule is O=C(O)c1[nH]c(C(F)(F)F)c(-[n+]2ccccc2)c1-c1ccccc1. The van der Waals surface area contributed by atoms with Crippen molar-refractivity contribution >= 4 is 5.97 Å². The number of benzene rings is 1. The topological polar surface area (TPSA) is 57.0 Å². The number of aromatic amines is 1. The molecule has 0 fully saturated rings. The van der Waals surface area contributed by atoms with Crippen molar-refractivity contribution in [1.82, 2.24) is 4.98 Å². The predicted molar refractivity (Wildman–Crippen MR) is 79.7 cm³/mol. The molecule has 0 saturated heterocycles. The summed E-state index contributed by atoms with van der Waals surface area (Å²) in [6.07, 6.45) is -1.84. The molecule has 2 aromatic heterocycles. The van der Waals surface area contributed by atoms with Gasteiger partial charge in [-0.05, 0) is 5.56 Å². The number of rotatable bonds is 3. The van der Waals surface area contributed by atoms with Crippen LogP contribution in [-0.4, -0.2) is 16.1 Å². The molecule has 0 unspecified atom stereocenters. The Kier molecular flexibility index (Phi) is 3.84. The monoisotopic (exact) mass is 333 g/mol. The third-order valence-corrected chi connectivity index (χ3v) is 3.51.